The van der Waals surface area contributed by atoms with E-state index in [-0.39, 0.29) is 0 Å². The third-order valence-corrected chi connectivity index (χ3v) is 3.70. The van der Waals surface area contributed by atoms with E-state index in [0.717, 1.165) is 18.0 Å². The molecule has 2 N–H and O–H groups in total. The summed E-state index contributed by atoms with van der Waals surface area (Å²) in [5.74, 6) is 0. The van der Waals surface area contributed by atoms with Crippen LogP contribution in [0.2, 0.25) is 5.02 Å². The fourth-order valence-electron chi connectivity index (χ4n) is 2.40. The standard InChI is InChI=1S/C16H27ClN2/c1-4-5-6-12-19(13(2)3)16-14(10-11-18)8-7-9-15(16)17/h7-9,13H,4-6,10-12,18H2,1-3H3. The Labute approximate surface area is 122 Å². The highest BCUT2D eigenvalue weighted by Crippen LogP contribution is 2.32. The summed E-state index contributed by atoms with van der Waals surface area (Å²) in [6.07, 6.45) is 4.60. The lowest BCUT2D eigenvalue weighted by atomic mass is 10.1. The van der Waals surface area contributed by atoms with Gasteiger partial charge in [0.2, 0.25) is 0 Å². The minimum atomic E-state index is 0.452. The molecule has 2 nitrogen and oxygen atoms in total. The zero-order valence-electron chi connectivity index (χ0n) is 12.5. The van der Waals surface area contributed by atoms with Crippen molar-refractivity contribution >= 4 is 17.3 Å². The van der Waals surface area contributed by atoms with Crippen molar-refractivity contribution in [2.24, 2.45) is 5.73 Å². The van der Waals surface area contributed by atoms with Gasteiger partial charge >= 0.3 is 0 Å². The molecule has 0 aromatic heterocycles. The van der Waals surface area contributed by atoms with Gasteiger partial charge in [-0.05, 0) is 44.9 Å². The Morgan fingerprint density at radius 3 is 2.58 bits per heavy atom. The van der Waals surface area contributed by atoms with Crippen molar-refractivity contribution in [1.29, 1.82) is 0 Å². The summed E-state index contributed by atoms with van der Waals surface area (Å²) in [5.41, 5.74) is 8.16. The maximum Gasteiger partial charge on any atom is 0.0642 e. The van der Waals surface area contributed by atoms with E-state index in [1.165, 1.54) is 30.5 Å². The molecule has 0 bridgehead atoms. The van der Waals surface area contributed by atoms with Crippen LogP contribution in [0.5, 0.6) is 0 Å². The fraction of sp³-hybridized carbons (Fsp3) is 0.625. The van der Waals surface area contributed by atoms with E-state index in [0.29, 0.717) is 12.6 Å². The van der Waals surface area contributed by atoms with Gasteiger partial charge < -0.3 is 10.6 Å². The molecule has 0 atom stereocenters. The average Bonchev–Trinajstić information content (AvgIpc) is 2.36. The predicted molar refractivity (Wildman–Crippen MR) is 86.2 cm³/mol. The van der Waals surface area contributed by atoms with Gasteiger partial charge in [0.1, 0.15) is 0 Å². The van der Waals surface area contributed by atoms with Crippen LogP contribution in [0.3, 0.4) is 0 Å². The number of hydrogen-bond donors (Lipinski definition) is 1. The van der Waals surface area contributed by atoms with Gasteiger partial charge in [-0.15, -0.1) is 0 Å². The van der Waals surface area contributed by atoms with Crippen LogP contribution in [0.15, 0.2) is 18.2 Å². The zero-order valence-corrected chi connectivity index (χ0v) is 13.2. The average molecular weight is 283 g/mol. The highest BCUT2D eigenvalue weighted by atomic mass is 35.5. The molecule has 0 aliphatic rings. The molecule has 0 aliphatic heterocycles. The SMILES string of the molecule is CCCCCN(c1c(Cl)cccc1CCN)C(C)C. The number of para-hydroxylation sites is 1. The number of rotatable bonds is 8. The summed E-state index contributed by atoms with van der Waals surface area (Å²) < 4.78 is 0. The minimum absolute atomic E-state index is 0.452. The topological polar surface area (TPSA) is 29.3 Å². The van der Waals surface area contributed by atoms with Crippen LogP contribution in [0.1, 0.15) is 45.6 Å². The molecule has 3 heteroatoms. The molecular formula is C16H27ClN2. The first kappa shape index (κ1) is 16.3. The minimum Gasteiger partial charge on any atom is -0.368 e. The second-order valence-electron chi connectivity index (χ2n) is 5.28. The summed E-state index contributed by atoms with van der Waals surface area (Å²) in [4.78, 5) is 2.42. The quantitative estimate of drug-likeness (QED) is 0.723. The van der Waals surface area contributed by atoms with Crippen LogP contribution in [-0.2, 0) is 6.42 Å². The van der Waals surface area contributed by atoms with Crippen molar-refractivity contribution in [3.05, 3.63) is 28.8 Å². The summed E-state index contributed by atoms with van der Waals surface area (Å²) in [6, 6.07) is 6.59. The third-order valence-electron chi connectivity index (χ3n) is 3.40. The van der Waals surface area contributed by atoms with Crippen LogP contribution in [-0.4, -0.2) is 19.1 Å². The molecule has 0 radical (unpaired) electrons. The fourth-order valence-corrected chi connectivity index (χ4v) is 2.70. The van der Waals surface area contributed by atoms with Crippen molar-refractivity contribution in [2.45, 2.75) is 52.5 Å². The molecule has 0 spiro atoms. The summed E-state index contributed by atoms with van der Waals surface area (Å²) >= 11 is 6.43. The van der Waals surface area contributed by atoms with Crippen LogP contribution in [0, 0.1) is 0 Å². The number of nitrogens with two attached hydrogens (primary N) is 1. The summed E-state index contributed by atoms with van der Waals surface area (Å²) in [5, 5.41) is 0.844. The molecule has 0 unspecified atom stereocenters. The van der Waals surface area contributed by atoms with Gasteiger partial charge in [-0.25, -0.2) is 0 Å². The summed E-state index contributed by atoms with van der Waals surface area (Å²) in [6.45, 7) is 8.40. The van der Waals surface area contributed by atoms with Gasteiger partial charge in [0, 0.05) is 12.6 Å². The molecule has 1 rings (SSSR count). The van der Waals surface area contributed by atoms with Gasteiger partial charge in [0.15, 0.2) is 0 Å². The number of anilines is 1. The largest absolute Gasteiger partial charge is 0.368 e. The van der Waals surface area contributed by atoms with E-state index in [9.17, 15) is 0 Å². The first-order valence-electron chi connectivity index (χ1n) is 7.35. The number of benzene rings is 1. The van der Waals surface area contributed by atoms with Gasteiger partial charge in [-0.3, -0.25) is 0 Å². The van der Waals surface area contributed by atoms with E-state index in [1.54, 1.807) is 0 Å². The summed E-state index contributed by atoms with van der Waals surface area (Å²) in [7, 11) is 0. The van der Waals surface area contributed by atoms with Gasteiger partial charge in [-0.1, -0.05) is 43.5 Å². The lowest BCUT2D eigenvalue weighted by molar-refractivity contribution is 0.623. The van der Waals surface area contributed by atoms with E-state index in [1.807, 2.05) is 12.1 Å². The van der Waals surface area contributed by atoms with E-state index in [2.05, 4.69) is 31.7 Å². The molecule has 0 saturated carbocycles. The molecule has 1 aromatic rings. The predicted octanol–water partition coefficient (Wildman–Crippen LogP) is 4.25. The van der Waals surface area contributed by atoms with Crippen LogP contribution >= 0.6 is 11.6 Å². The Hall–Kier alpha value is -0.730. The third kappa shape index (κ3) is 4.70. The Balaban J connectivity index is 2.99. The second kappa shape index (κ2) is 8.44. The maximum absolute atomic E-state index is 6.43. The van der Waals surface area contributed by atoms with E-state index in [4.69, 9.17) is 17.3 Å². The van der Waals surface area contributed by atoms with Gasteiger partial charge in [0.25, 0.3) is 0 Å². The Morgan fingerprint density at radius 1 is 1.26 bits per heavy atom. The molecule has 0 heterocycles. The lowest BCUT2D eigenvalue weighted by Gasteiger charge is -2.32. The molecule has 0 amide bonds. The lowest BCUT2D eigenvalue weighted by Crippen LogP contribution is -2.33. The van der Waals surface area contributed by atoms with Crippen LogP contribution in [0.4, 0.5) is 5.69 Å². The molecule has 0 saturated heterocycles. The number of halogens is 1. The Bertz CT molecular complexity index is 377. The monoisotopic (exact) mass is 282 g/mol. The van der Waals surface area contributed by atoms with Crippen LogP contribution in [0.25, 0.3) is 0 Å². The maximum atomic E-state index is 6.43. The first-order valence-corrected chi connectivity index (χ1v) is 7.73. The molecule has 0 fully saturated rings. The number of nitrogens with zero attached hydrogens (tertiary/aromatic N) is 1. The highest BCUT2D eigenvalue weighted by molar-refractivity contribution is 6.33. The Kier molecular flexibility index (Phi) is 7.25. The molecule has 108 valence electrons. The highest BCUT2D eigenvalue weighted by Gasteiger charge is 2.16. The van der Waals surface area contributed by atoms with Crippen molar-refractivity contribution < 1.29 is 0 Å². The molecule has 0 aliphatic carbocycles. The second-order valence-corrected chi connectivity index (χ2v) is 5.69. The Morgan fingerprint density at radius 2 is 2.00 bits per heavy atom. The number of unbranched alkanes of at least 4 members (excludes halogenated alkanes) is 2. The number of hydrogen-bond acceptors (Lipinski definition) is 2. The molecule has 19 heavy (non-hydrogen) atoms. The van der Waals surface area contributed by atoms with E-state index < -0.39 is 0 Å². The normalized spacial score (nSPS) is 11.1. The van der Waals surface area contributed by atoms with Gasteiger partial charge in [-0.2, -0.15) is 0 Å². The molecule has 1 aromatic carbocycles. The zero-order chi connectivity index (χ0) is 14.3. The van der Waals surface area contributed by atoms with Gasteiger partial charge in [0.05, 0.1) is 10.7 Å². The first-order chi connectivity index (χ1) is 9.11. The van der Waals surface area contributed by atoms with Crippen molar-refractivity contribution in [3.8, 4) is 0 Å². The smallest absolute Gasteiger partial charge is 0.0642 e. The van der Waals surface area contributed by atoms with Crippen molar-refractivity contribution in [2.75, 3.05) is 18.0 Å². The van der Waals surface area contributed by atoms with Crippen molar-refractivity contribution in [1.82, 2.24) is 0 Å². The van der Waals surface area contributed by atoms with Crippen molar-refractivity contribution in [3.63, 3.8) is 0 Å². The van der Waals surface area contributed by atoms with E-state index >= 15 is 0 Å². The molecular weight excluding hydrogens is 256 g/mol. The van der Waals surface area contributed by atoms with Crippen LogP contribution < -0.4 is 10.6 Å².